The van der Waals surface area contributed by atoms with Crippen molar-refractivity contribution in [3.05, 3.63) is 33.9 Å². The van der Waals surface area contributed by atoms with Gasteiger partial charge in [0.05, 0.1) is 17.6 Å². The molecule has 5 heteroatoms. The summed E-state index contributed by atoms with van der Waals surface area (Å²) in [7, 11) is 0. The highest BCUT2D eigenvalue weighted by Crippen LogP contribution is 2.24. The lowest BCUT2D eigenvalue weighted by atomic mass is 10.1. The van der Waals surface area contributed by atoms with Crippen LogP contribution in [0.5, 0.6) is 5.75 Å². The summed E-state index contributed by atoms with van der Waals surface area (Å²) in [6.45, 7) is 4.55. The molecule has 0 heterocycles. The molecule has 1 aromatic carbocycles. The molecular weight excluding hydrogens is 286 g/mol. The summed E-state index contributed by atoms with van der Waals surface area (Å²) >= 11 is 3.42. The maximum Gasteiger partial charge on any atom is 0.273 e. The number of hydrogen-bond acceptors (Lipinski definition) is 3. The van der Waals surface area contributed by atoms with Crippen molar-refractivity contribution >= 4 is 21.6 Å². The molecule has 94 valence electrons. The van der Waals surface area contributed by atoms with Crippen LogP contribution in [0.1, 0.15) is 18.9 Å². The van der Waals surface area contributed by atoms with Crippen molar-refractivity contribution in [1.29, 1.82) is 0 Å². The zero-order valence-corrected chi connectivity index (χ0v) is 11.6. The van der Waals surface area contributed by atoms with Crippen LogP contribution in [0.2, 0.25) is 0 Å². The summed E-state index contributed by atoms with van der Waals surface area (Å²) in [6.07, 6.45) is 1.01. The second kappa shape index (κ2) is 6.59. The molecule has 0 aromatic heterocycles. The quantitative estimate of drug-likeness (QED) is 0.457. The third-order valence-electron chi connectivity index (χ3n) is 2.65. The number of benzene rings is 1. The molecule has 0 amide bonds. The number of ether oxygens (including phenoxy) is 1. The first-order chi connectivity index (χ1) is 8.08. The molecule has 1 unspecified atom stereocenters. The van der Waals surface area contributed by atoms with E-state index in [0.29, 0.717) is 18.3 Å². The van der Waals surface area contributed by atoms with E-state index in [0.717, 1.165) is 17.3 Å². The summed E-state index contributed by atoms with van der Waals surface area (Å²) in [5.41, 5.74) is 0.984. The van der Waals surface area contributed by atoms with Crippen LogP contribution in [-0.4, -0.2) is 16.9 Å². The van der Waals surface area contributed by atoms with Crippen molar-refractivity contribution in [3.8, 4) is 5.75 Å². The van der Waals surface area contributed by atoms with Crippen LogP contribution < -0.4 is 4.74 Å². The third kappa shape index (κ3) is 4.00. The largest absolute Gasteiger partial charge is 0.493 e. The molecule has 0 saturated carbocycles. The van der Waals surface area contributed by atoms with E-state index >= 15 is 0 Å². The van der Waals surface area contributed by atoms with Crippen molar-refractivity contribution < 1.29 is 9.66 Å². The number of halogens is 1. The van der Waals surface area contributed by atoms with Crippen LogP contribution in [0, 0.1) is 23.0 Å². The zero-order valence-electron chi connectivity index (χ0n) is 9.98. The average Bonchev–Trinajstić information content (AvgIpc) is 2.32. The summed E-state index contributed by atoms with van der Waals surface area (Å²) < 4.78 is 5.64. The summed E-state index contributed by atoms with van der Waals surface area (Å²) in [4.78, 5) is 10.2. The molecule has 1 atom stereocenters. The number of alkyl halides is 1. The number of non-ortho nitro benzene ring substituents is 1. The van der Waals surface area contributed by atoms with Crippen LogP contribution >= 0.6 is 15.9 Å². The highest BCUT2D eigenvalue weighted by molar-refractivity contribution is 9.09. The van der Waals surface area contributed by atoms with Gasteiger partial charge in [0, 0.05) is 17.3 Å². The van der Waals surface area contributed by atoms with E-state index in [-0.39, 0.29) is 5.69 Å². The number of aryl methyl sites for hydroxylation is 1. The Morgan fingerprint density at radius 2 is 2.24 bits per heavy atom. The van der Waals surface area contributed by atoms with Crippen LogP contribution in [0.3, 0.4) is 0 Å². The number of rotatable bonds is 6. The molecule has 0 fully saturated rings. The van der Waals surface area contributed by atoms with E-state index < -0.39 is 4.92 Å². The zero-order chi connectivity index (χ0) is 12.8. The lowest BCUT2D eigenvalue weighted by Gasteiger charge is -2.14. The maximum atomic E-state index is 10.7. The normalized spacial score (nSPS) is 12.2. The predicted molar refractivity (Wildman–Crippen MR) is 70.9 cm³/mol. The van der Waals surface area contributed by atoms with Crippen molar-refractivity contribution in [3.63, 3.8) is 0 Å². The van der Waals surface area contributed by atoms with Crippen LogP contribution in [0.25, 0.3) is 0 Å². The maximum absolute atomic E-state index is 10.7. The Hall–Kier alpha value is -1.10. The molecule has 0 radical (unpaired) electrons. The van der Waals surface area contributed by atoms with Gasteiger partial charge >= 0.3 is 0 Å². The highest BCUT2D eigenvalue weighted by atomic mass is 79.9. The lowest BCUT2D eigenvalue weighted by molar-refractivity contribution is -0.385. The van der Waals surface area contributed by atoms with Gasteiger partial charge in [0.2, 0.25) is 0 Å². The van der Waals surface area contributed by atoms with Crippen LogP contribution in [0.15, 0.2) is 18.2 Å². The topological polar surface area (TPSA) is 52.4 Å². The minimum atomic E-state index is -0.409. The summed E-state index contributed by atoms with van der Waals surface area (Å²) in [5, 5.41) is 11.5. The fourth-order valence-electron chi connectivity index (χ4n) is 1.34. The van der Waals surface area contributed by atoms with Gasteiger partial charge in [-0.15, -0.1) is 0 Å². The van der Waals surface area contributed by atoms with Crippen LogP contribution in [0.4, 0.5) is 5.69 Å². The van der Waals surface area contributed by atoms with Crippen molar-refractivity contribution in [2.24, 2.45) is 5.92 Å². The van der Waals surface area contributed by atoms with Gasteiger partial charge < -0.3 is 4.74 Å². The first kappa shape index (κ1) is 14.0. The fourth-order valence-corrected chi connectivity index (χ4v) is 1.98. The van der Waals surface area contributed by atoms with Crippen molar-refractivity contribution in [2.45, 2.75) is 20.3 Å². The Balaban J connectivity index is 2.75. The summed E-state index contributed by atoms with van der Waals surface area (Å²) in [6, 6.07) is 4.68. The Bertz CT molecular complexity index is 391. The molecule has 1 rings (SSSR count). The number of nitro groups is 1. The van der Waals surface area contributed by atoms with E-state index in [1.54, 1.807) is 6.07 Å². The standard InChI is InChI=1S/C12H16BrNO3/c1-3-10(7-13)8-17-12-6-11(14(15)16)5-4-9(12)2/h4-6,10H,3,7-8H2,1-2H3. The van der Waals surface area contributed by atoms with Crippen molar-refractivity contribution in [2.75, 3.05) is 11.9 Å². The van der Waals surface area contributed by atoms with Crippen LogP contribution in [-0.2, 0) is 0 Å². The SMILES string of the molecule is CCC(CBr)COc1cc([N+](=O)[O-])ccc1C. The van der Waals surface area contributed by atoms with E-state index in [1.165, 1.54) is 12.1 Å². The van der Waals surface area contributed by atoms with Gasteiger partial charge in [0.15, 0.2) is 0 Å². The smallest absolute Gasteiger partial charge is 0.273 e. The molecule has 0 spiro atoms. The second-order valence-corrected chi connectivity index (χ2v) is 4.59. The van der Waals surface area contributed by atoms with Gasteiger partial charge in [-0.05, 0) is 25.0 Å². The number of nitrogens with zero attached hydrogens (tertiary/aromatic N) is 1. The van der Waals surface area contributed by atoms with Gasteiger partial charge in [-0.3, -0.25) is 10.1 Å². The Labute approximate surface area is 109 Å². The highest BCUT2D eigenvalue weighted by Gasteiger charge is 2.11. The lowest BCUT2D eigenvalue weighted by Crippen LogP contribution is -2.12. The molecule has 0 N–H and O–H groups in total. The second-order valence-electron chi connectivity index (χ2n) is 3.95. The Morgan fingerprint density at radius 1 is 1.53 bits per heavy atom. The van der Waals surface area contributed by atoms with E-state index in [2.05, 4.69) is 22.9 Å². The molecule has 0 aliphatic heterocycles. The van der Waals surface area contributed by atoms with Crippen molar-refractivity contribution in [1.82, 2.24) is 0 Å². The molecule has 0 bridgehead atoms. The van der Waals surface area contributed by atoms with Gasteiger partial charge in [-0.1, -0.05) is 22.9 Å². The first-order valence-electron chi connectivity index (χ1n) is 5.52. The number of nitro benzene ring substituents is 1. The predicted octanol–water partition coefficient (Wildman–Crippen LogP) is 3.70. The molecule has 0 aliphatic rings. The van der Waals surface area contributed by atoms with Gasteiger partial charge in [-0.25, -0.2) is 0 Å². The third-order valence-corrected chi connectivity index (χ3v) is 3.57. The minimum Gasteiger partial charge on any atom is -0.493 e. The molecule has 4 nitrogen and oxygen atoms in total. The van der Waals surface area contributed by atoms with E-state index in [1.807, 2.05) is 6.92 Å². The summed E-state index contributed by atoms with van der Waals surface area (Å²) in [5.74, 6) is 1.02. The monoisotopic (exact) mass is 301 g/mol. The average molecular weight is 302 g/mol. The van der Waals surface area contributed by atoms with E-state index in [9.17, 15) is 10.1 Å². The minimum absolute atomic E-state index is 0.0671. The van der Waals surface area contributed by atoms with E-state index in [4.69, 9.17) is 4.74 Å². The Morgan fingerprint density at radius 3 is 2.76 bits per heavy atom. The molecule has 0 aliphatic carbocycles. The van der Waals surface area contributed by atoms with Gasteiger partial charge in [-0.2, -0.15) is 0 Å². The first-order valence-corrected chi connectivity index (χ1v) is 6.64. The van der Waals surface area contributed by atoms with Gasteiger partial charge in [0.1, 0.15) is 5.75 Å². The molecule has 0 saturated heterocycles. The molecule has 1 aromatic rings. The number of hydrogen-bond donors (Lipinski definition) is 0. The molecular formula is C12H16BrNO3. The molecule has 17 heavy (non-hydrogen) atoms. The Kier molecular flexibility index (Phi) is 5.41. The van der Waals surface area contributed by atoms with Gasteiger partial charge in [0.25, 0.3) is 5.69 Å². The fraction of sp³-hybridized carbons (Fsp3) is 0.500.